The number of carboxylic acid groups (broad SMARTS) is 1. The summed E-state index contributed by atoms with van der Waals surface area (Å²) < 4.78 is 0. The predicted molar refractivity (Wildman–Crippen MR) is 59.2 cm³/mol. The fourth-order valence-corrected chi connectivity index (χ4v) is 1.93. The second-order valence-electron chi connectivity index (χ2n) is 4.87. The molecule has 1 atom stereocenters. The number of aliphatic carboxylic acids is 1. The van der Waals surface area contributed by atoms with E-state index in [-0.39, 0.29) is 5.41 Å². The van der Waals surface area contributed by atoms with Gasteiger partial charge in [-0.1, -0.05) is 43.9 Å². The largest absolute Gasteiger partial charge is 0.548 e. The summed E-state index contributed by atoms with van der Waals surface area (Å²) in [5, 5.41) is 11.1. The average molecular weight is 213 g/mol. The second-order valence-corrected chi connectivity index (χ2v) is 4.87. The van der Waals surface area contributed by atoms with Gasteiger partial charge in [-0.15, -0.1) is 0 Å². The van der Waals surface area contributed by atoms with Crippen molar-refractivity contribution in [2.24, 2.45) is 10.8 Å². The molecule has 0 amide bonds. The molecule has 1 fully saturated rings. The second kappa shape index (κ2) is 3.38. The Hall–Kier alpha value is -1.75. The number of hydrogen-bond donors (Lipinski definition) is 0. The lowest BCUT2D eigenvalue weighted by atomic mass is 9.96. The highest BCUT2D eigenvalue weighted by Crippen LogP contribution is 2.62. The predicted octanol–water partition coefficient (Wildman–Crippen LogP) is 1.20. The van der Waals surface area contributed by atoms with Crippen molar-refractivity contribution in [3.63, 3.8) is 0 Å². The summed E-state index contributed by atoms with van der Waals surface area (Å²) in [4.78, 5) is 11.1. The number of carboxylic acids is 1. The van der Waals surface area contributed by atoms with Gasteiger partial charge in [0.2, 0.25) is 0 Å². The Kier molecular flexibility index (Phi) is 2.27. The molecular weight excluding hydrogens is 200 g/mol. The smallest absolute Gasteiger partial charge is 0.0768 e. The minimum Gasteiger partial charge on any atom is -0.548 e. The Morgan fingerprint density at radius 1 is 1.31 bits per heavy atom. The first-order valence-electron chi connectivity index (χ1n) is 5.28. The molecule has 1 aliphatic carbocycles. The van der Waals surface area contributed by atoms with Crippen molar-refractivity contribution < 1.29 is 9.90 Å². The van der Waals surface area contributed by atoms with Crippen LogP contribution >= 0.6 is 0 Å². The molecular formula is C14H13O2-. The maximum absolute atomic E-state index is 11.1. The van der Waals surface area contributed by atoms with E-state index in [1.165, 1.54) is 0 Å². The highest BCUT2D eigenvalue weighted by molar-refractivity contribution is 5.82. The summed E-state index contributed by atoms with van der Waals surface area (Å²) >= 11 is 0. The van der Waals surface area contributed by atoms with E-state index in [1.807, 2.05) is 44.2 Å². The van der Waals surface area contributed by atoms with Gasteiger partial charge in [0.1, 0.15) is 0 Å². The molecule has 2 nitrogen and oxygen atoms in total. The van der Waals surface area contributed by atoms with E-state index in [0.717, 1.165) is 5.56 Å². The third kappa shape index (κ3) is 1.59. The van der Waals surface area contributed by atoms with Crippen LogP contribution in [0.1, 0.15) is 25.8 Å². The van der Waals surface area contributed by atoms with Crippen LogP contribution in [0.25, 0.3) is 0 Å². The summed E-state index contributed by atoms with van der Waals surface area (Å²) in [5.41, 5.74) is -0.387. The zero-order chi connectivity index (χ0) is 11.8. The first-order valence-corrected chi connectivity index (χ1v) is 5.28. The molecule has 0 aromatic heterocycles. The molecule has 82 valence electrons. The normalized spacial score (nSPS) is 25.4. The van der Waals surface area contributed by atoms with Gasteiger partial charge in [0, 0.05) is 5.56 Å². The number of hydrogen-bond acceptors (Lipinski definition) is 2. The van der Waals surface area contributed by atoms with Gasteiger partial charge in [-0.05, 0) is 24.0 Å². The van der Waals surface area contributed by atoms with E-state index in [1.54, 1.807) is 0 Å². The van der Waals surface area contributed by atoms with Crippen molar-refractivity contribution in [2.45, 2.75) is 20.3 Å². The molecule has 0 N–H and O–H groups in total. The molecule has 0 aliphatic heterocycles. The van der Waals surface area contributed by atoms with Crippen LogP contribution < -0.4 is 5.11 Å². The van der Waals surface area contributed by atoms with Crippen molar-refractivity contribution in [1.29, 1.82) is 0 Å². The third-order valence-corrected chi connectivity index (χ3v) is 3.28. The fourth-order valence-electron chi connectivity index (χ4n) is 1.93. The summed E-state index contributed by atoms with van der Waals surface area (Å²) in [5.74, 6) is 4.72. The highest BCUT2D eigenvalue weighted by atomic mass is 16.4. The maximum atomic E-state index is 11.1. The van der Waals surface area contributed by atoms with E-state index in [2.05, 4.69) is 11.8 Å². The lowest BCUT2D eigenvalue weighted by molar-refractivity contribution is -0.312. The average Bonchev–Trinajstić information content (AvgIpc) is 2.81. The Labute approximate surface area is 95.3 Å². The minimum atomic E-state index is -1.05. The highest BCUT2D eigenvalue weighted by Gasteiger charge is 2.61. The zero-order valence-electron chi connectivity index (χ0n) is 9.41. The Balaban J connectivity index is 2.29. The molecule has 1 aromatic rings. The molecule has 0 radical (unpaired) electrons. The molecule has 1 saturated carbocycles. The van der Waals surface area contributed by atoms with Crippen molar-refractivity contribution in [3.05, 3.63) is 35.9 Å². The van der Waals surface area contributed by atoms with Gasteiger partial charge in [-0.25, -0.2) is 0 Å². The summed E-state index contributed by atoms with van der Waals surface area (Å²) in [6, 6.07) is 9.40. The van der Waals surface area contributed by atoms with Gasteiger partial charge >= 0.3 is 0 Å². The van der Waals surface area contributed by atoms with Crippen LogP contribution in [0.4, 0.5) is 0 Å². The standard InChI is InChI=1S/C14H14O2/c1-13(2)10-14(13,12(15)16)9-8-11-6-4-3-5-7-11/h3-7H,10H2,1-2H3,(H,15,16)/p-1/t14-/m1/s1. The lowest BCUT2D eigenvalue weighted by Gasteiger charge is -2.14. The Morgan fingerprint density at radius 2 is 1.88 bits per heavy atom. The quantitative estimate of drug-likeness (QED) is 0.658. The molecule has 1 aliphatic rings. The van der Waals surface area contributed by atoms with Crippen LogP contribution in [0.5, 0.6) is 0 Å². The molecule has 1 aromatic carbocycles. The van der Waals surface area contributed by atoms with Gasteiger partial charge < -0.3 is 9.90 Å². The van der Waals surface area contributed by atoms with Crippen LogP contribution in [0.2, 0.25) is 0 Å². The van der Waals surface area contributed by atoms with E-state index < -0.39 is 11.4 Å². The molecule has 16 heavy (non-hydrogen) atoms. The van der Waals surface area contributed by atoms with Crippen LogP contribution in [-0.2, 0) is 4.79 Å². The topological polar surface area (TPSA) is 40.1 Å². The number of carbonyl (C=O) groups is 1. The number of benzene rings is 1. The lowest BCUT2D eigenvalue weighted by Crippen LogP contribution is -2.34. The van der Waals surface area contributed by atoms with E-state index in [0.29, 0.717) is 6.42 Å². The van der Waals surface area contributed by atoms with E-state index in [4.69, 9.17) is 0 Å². The minimum absolute atomic E-state index is 0.270. The van der Waals surface area contributed by atoms with Crippen LogP contribution in [0, 0.1) is 22.7 Å². The summed E-state index contributed by atoms with van der Waals surface area (Å²) in [6.45, 7) is 3.81. The molecule has 0 bridgehead atoms. The first kappa shape index (κ1) is 10.8. The first-order chi connectivity index (χ1) is 7.48. The Morgan fingerprint density at radius 3 is 2.31 bits per heavy atom. The monoisotopic (exact) mass is 213 g/mol. The van der Waals surface area contributed by atoms with E-state index in [9.17, 15) is 9.90 Å². The van der Waals surface area contributed by atoms with Gasteiger partial charge in [-0.2, -0.15) is 0 Å². The van der Waals surface area contributed by atoms with Crippen LogP contribution in [0.3, 0.4) is 0 Å². The van der Waals surface area contributed by atoms with Crippen molar-refractivity contribution >= 4 is 5.97 Å². The van der Waals surface area contributed by atoms with Gasteiger partial charge in [-0.3, -0.25) is 0 Å². The van der Waals surface area contributed by atoms with Crippen LogP contribution in [-0.4, -0.2) is 5.97 Å². The maximum Gasteiger partial charge on any atom is 0.0768 e. The van der Waals surface area contributed by atoms with E-state index >= 15 is 0 Å². The van der Waals surface area contributed by atoms with Crippen molar-refractivity contribution in [2.75, 3.05) is 0 Å². The summed E-state index contributed by atoms with van der Waals surface area (Å²) in [7, 11) is 0. The molecule has 0 saturated heterocycles. The molecule has 0 unspecified atom stereocenters. The SMILES string of the molecule is CC1(C)C[C@]1(C#Cc1ccccc1)C(=O)[O-]. The summed E-state index contributed by atoms with van der Waals surface area (Å²) in [6.07, 6.45) is 0.572. The zero-order valence-corrected chi connectivity index (χ0v) is 9.41. The van der Waals surface area contributed by atoms with Crippen molar-refractivity contribution in [3.8, 4) is 11.8 Å². The Bertz CT molecular complexity index is 476. The molecule has 0 heterocycles. The van der Waals surface area contributed by atoms with Gasteiger partial charge in [0.15, 0.2) is 0 Å². The number of carbonyl (C=O) groups excluding carboxylic acids is 1. The van der Waals surface area contributed by atoms with Gasteiger partial charge in [0.25, 0.3) is 0 Å². The molecule has 0 spiro atoms. The van der Waals surface area contributed by atoms with Crippen LogP contribution in [0.15, 0.2) is 30.3 Å². The third-order valence-electron chi connectivity index (χ3n) is 3.28. The fraction of sp³-hybridized carbons (Fsp3) is 0.357. The molecule has 2 heteroatoms. The van der Waals surface area contributed by atoms with Crippen molar-refractivity contribution in [1.82, 2.24) is 0 Å². The van der Waals surface area contributed by atoms with Gasteiger partial charge in [0.05, 0.1) is 11.4 Å². The molecule has 2 rings (SSSR count). The number of rotatable bonds is 1.